The number of carbonyl (C=O) groups is 3. The number of piperidine rings is 1. The maximum Gasteiger partial charge on any atom is 0.283 e. The van der Waals surface area contributed by atoms with Gasteiger partial charge in [0.1, 0.15) is 16.5 Å². The van der Waals surface area contributed by atoms with Gasteiger partial charge in [0.25, 0.3) is 17.7 Å². The molecule has 2 aliphatic heterocycles. The Morgan fingerprint density at radius 3 is 2.50 bits per heavy atom. The minimum absolute atomic E-state index is 0.0990. The van der Waals surface area contributed by atoms with Gasteiger partial charge < -0.3 is 15.1 Å². The summed E-state index contributed by atoms with van der Waals surface area (Å²) in [6, 6.07) is 10.4. The summed E-state index contributed by atoms with van der Waals surface area (Å²) in [6.45, 7) is 2.03. The number of halogens is 3. The summed E-state index contributed by atoms with van der Waals surface area (Å²) in [4.78, 5) is 42.7. The van der Waals surface area contributed by atoms with Gasteiger partial charge in [-0.1, -0.05) is 29.3 Å². The number of hydrogen-bond acceptors (Lipinski definition) is 4. The van der Waals surface area contributed by atoms with Crippen LogP contribution in [0.4, 0.5) is 15.8 Å². The zero-order valence-corrected chi connectivity index (χ0v) is 20.2. The number of carbonyl (C=O) groups excluding carboxylic acids is 3. The van der Waals surface area contributed by atoms with Crippen molar-refractivity contribution in [2.75, 3.05) is 37.4 Å². The zero-order chi connectivity index (χ0) is 24.6. The molecule has 34 heavy (non-hydrogen) atoms. The van der Waals surface area contributed by atoms with Crippen LogP contribution in [0.5, 0.6) is 0 Å². The largest absolute Gasteiger partial charge is 0.350 e. The molecule has 0 aliphatic carbocycles. The van der Waals surface area contributed by atoms with Crippen LogP contribution < -0.4 is 15.1 Å². The summed E-state index contributed by atoms with van der Waals surface area (Å²) in [6.07, 6.45) is 1.88. The Kier molecular flexibility index (Phi) is 6.93. The lowest BCUT2D eigenvalue weighted by Gasteiger charge is -2.33. The first-order chi connectivity index (χ1) is 16.2. The van der Waals surface area contributed by atoms with E-state index in [0.29, 0.717) is 11.3 Å². The van der Waals surface area contributed by atoms with Crippen molar-refractivity contribution >= 4 is 52.3 Å². The van der Waals surface area contributed by atoms with E-state index in [2.05, 4.69) is 12.4 Å². The lowest BCUT2D eigenvalue weighted by atomic mass is 10.0. The van der Waals surface area contributed by atoms with Gasteiger partial charge in [-0.05, 0) is 36.4 Å². The summed E-state index contributed by atoms with van der Waals surface area (Å²) in [5.41, 5.74) is 0.847. The summed E-state index contributed by atoms with van der Waals surface area (Å²) in [5, 5.41) is 2.33. The summed E-state index contributed by atoms with van der Waals surface area (Å²) in [5.74, 6) is -2.26. The molecule has 0 aromatic heterocycles. The van der Waals surface area contributed by atoms with Gasteiger partial charge in [0.05, 0.1) is 30.8 Å². The molecule has 7 nitrogen and oxygen atoms in total. The number of anilines is 2. The van der Waals surface area contributed by atoms with E-state index in [4.69, 9.17) is 23.2 Å². The highest BCUT2D eigenvalue weighted by atomic mass is 35.5. The van der Waals surface area contributed by atoms with Crippen molar-refractivity contribution in [2.24, 2.45) is 0 Å². The van der Waals surface area contributed by atoms with E-state index in [-0.39, 0.29) is 33.4 Å². The second-order valence-electron chi connectivity index (χ2n) is 8.54. The van der Waals surface area contributed by atoms with Crippen molar-refractivity contribution in [3.63, 3.8) is 0 Å². The van der Waals surface area contributed by atoms with Crippen molar-refractivity contribution in [3.05, 3.63) is 69.6 Å². The molecule has 2 aromatic carbocycles. The topological polar surface area (TPSA) is 74.2 Å². The van der Waals surface area contributed by atoms with E-state index >= 15 is 0 Å². The second kappa shape index (κ2) is 9.74. The molecular weight excluding hydrogens is 482 g/mol. The van der Waals surface area contributed by atoms with E-state index in [1.807, 2.05) is 0 Å². The van der Waals surface area contributed by atoms with Gasteiger partial charge >= 0.3 is 0 Å². The fourth-order valence-corrected chi connectivity index (χ4v) is 4.58. The quantitative estimate of drug-likeness (QED) is 0.612. The molecule has 2 aliphatic rings. The molecule has 10 heteroatoms. The highest BCUT2D eigenvalue weighted by Gasteiger charge is 2.39. The van der Waals surface area contributed by atoms with Gasteiger partial charge in [-0.15, -0.1) is 0 Å². The molecule has 4 rings (SSSR count). The van der Waals surface area contributed by atoms with Crippen LogP contribution in [0, 0.1) is 5.82 Å². The van der Waals surface area contributed by atoms with E-state index in [1.54, 1.807) is 36.2 Å². The van der Waals surface area contributed by atoms with Gasteiger partial charge in [-0.25, -0.2) is 9.29 Å². The minimum Gasteiger partial charge on any atom is -0.350 e. The van der Waals surface area contributed by atoms with E-state index in [0.717, 1.165) is 36.9 Å². The lowest BCUT2D eigenvalue weighted by Crippen LogP contribution is -3.10. The Bertz CT molecular complexity index is 1190. The SMILES string of the molecule is CN(C(=O)c1cccc(NC2=C(Cl)C(=O)N(c3ccc(F)c(Cl)c3)C2=O)c1)C1CC[NH+](C)CC1. The predicted molar refractivity (Wildman–Crippen MR) is 129 cm³/mol. The van der Waals surface area contributed by atoms with Crippen molar-refractivity contribution in [3.8, 4) is 0 Å². The third kappa shape index (κ3) is 4.66. The number of nitrogens with zero attached hydrogens (tertiary/aromatic N) is 2. The lowest BCUT2D eigenvalue weighted by molar-refractivity contribution is -0.885. The molecule has 3 amide bonds. The van der Waals surface area contributed by atoms with Crippen LogP contribution in [-0.2, 0) is 9.59 Å². The fourth-order valence-electron chi connectivity index (χ4n) is 4.20. The molecule has 178 valence electrons. The molecule has 1 fully saturated rings. The number of amides is 3. The standard InChI is InChI=1S/C24H23Cl2FN4O3/c1-29-10-8-16(9-11-29)30(2)22(32)14-4-3-5-15(12-14)28-21-20(26)23(33)31(24(21)34)17-6-7-19(27)18(25)13-17/h3-7,12-13,16,28H,8-11H2,1-2H3/p+1. The first kappa shape index (κ1) is 24.2. The predicted octanol–water partition coefficient (Wildman–Crippen LogP) is 2.66. The third-order valence-corrected chi connectivity index (χ3v) is 6.88. The number of likely N-dealkylation sites (tertiary alicyclic amines) is 1. The van der Waals surface area contributed by atoms with Crippen molar-refractivity contribution in [2.45, 2.75) is 18.9 Å². The summed E-state index contributed by atoms with van der Waals surface area (Å²) in [7, 11) is 3.95. The maximum atomic E-state index is 13.5. The maximum absolute atomic E-state index is 13.5. The first-order valence-corrected chi connectivity index (χ1v) is 11.6. The van der Waals surface area contributed by atoms with Crippen LogP contribution >= 0.6 is 23.2 Å². The second-order valence-corrected chi connectivity index (χ2v) is 9.33. The fraction of sp³-hybridized carbons (Fsp3) is 0.292. The molecule has 2 N–H and O–H groups in total. The van der Waals surface area contributed by atoms with Crippen LogP contribution in [0.2, 0.25) is 5.02 Å². The summed E-state index contributed by atoms with van der Waals surface area (Å²) < 4.78 is 13.5. The molecule has 2 heterocycles. The monoisotopic (exact) mass is 505 g/mol. The average molecular weight is 506 g/mol. The average Bonchev–Trinajstić information content (AvgIpc) is 3.03. The van der Waals surface area contributed by atoms with E-state index < -0.39 is 17.6 Å². The van der Waals surface area contributed by atoms with Gasteiger partial charge in [0.2, 0.25) is 0 Å². The van der Waals surface area contributed by atoms with Crippen LogP contribution in [0.15, 0.2) is 53.2 Å². The Morgan fingerprint density at radius 2 is 1.82 bits per heavy atom. The van der Waals surface area contributed by atoms with Crippen LogP contribution in [-0.4, -0.2) is 55.8 Å². The Hall–Kier alpha value is -2.94. The smallest absolute Gasteiger partial charge is 0.283 e. The number of imide groups is 1. The molecule has 0 unspecified atom stereocenters. The normalized spacial score (nSPS) is 20.7. The molecule has 0 atom stereocenters. The van der Waals surface area contributed by atoms with Gasteiger partial charge in [-0.2, -0.15) is 0 Å². The molecule has 2 aromatic rings. The van der Waals surface area contributed by atoms with Crippen molar-refractivity contribution in [1.82, 2.24) is 4.90 Å². The Balaban J connectivity index is 1.52. The molecule has 0 saturated carbocycles. The Labute approximate surface area is 206 Å². The molecule has 1 saturated heterocycles. The number of quaternary nitrogens is 1. The minimum atomic E-state index is -0.756. The van der Waals surface area contributed by atoms with Crippen LogP contribution in [0.3, 0.4) is 0 Å². The van der Waals surface area contributed by atoms with Crippen molar-refractivity contribution in [1.29, 1.82) is 0 Å². The molecular formula is C24H24Cl2FN4O3+. The number of nitrogens with one attached hydrogen (secondary N) is 2. The molecule has 0 radical (unpaired) electrons. The van der Waals surface area contributed by atoms with Crippen molar-refractivity contribution < 1.29 is 23.7 Å². The number of rotatable bonds is 5. The first-order valence-electron chi connectivity index (χ1n) is 10.9. The van der Waals surface area contributed by atoms with E-state index in [1.165, 1.54) is 17.0 Å². The summed E-state index contributed by atoms with van der Waals surface area (Å²) >= 11 is 12.0. The number of benzene rings is 2. The van der Waals surface area contributed by atoms with Gasteiger partial charge in [-0.3, -0.25) is 14.4 Å². The third-order valence-electron chi connectivity index (χ3n) is 6.24. The Morgan fingerprint density at radius 1 is 1.12 bits per heavy atom. The highest BCUT2D eigenvalue weighted by Crippen LogP contribution is 2.32. The zero-order valence-electron chi connectivity index (χ0n) is 18.7. The van der Waals surface area contributed by atoms with Gasteiger partial charge in [0.15, 0.2) is 0 Å². The van der Waals surface area contributed by atoms with Crippen LogP contribution in [0.25, 0.3) is 0 Å². The molecule has 0 bridgehead atoms. The number of hydrogen-bond donors (Lipinski definition) is 2. The molecule has 0 spiro atoms. The van der Waals surface area contributed by atoms with Crippen LogP contribution in [0.1, 0.15) is 23.2 Å². The van der Waals surface area contributed by atoms with E-state index in [9.17, 15) is 18.8 Å². The van der Waals surface area contributed by atoms with Gasteiger partial charge in [0, 0.05) is 37.2 Å². The highest BCUT2D eigenvalue weighted by molar-refractivity contribution is 6.53.